The van der Waals surface area contributed by atoms with Crippen LogP contribution in [0.25, 0.3) is 11.0 Å². The van der Waals surface area contributed by atoms with Gasteiger partial charge in [-0.05, 0) is 67.1 Å². The SMILES string of the molecule is CNC(=O)c1ccc2c(c1)CC[C@@H]1[C@H]2CCCN1C(=O)c1ccc2nc[nH]c2c1. The molecule has 1 aliphatic heterocycles. The summed E-state index contributed by atoms with van der Waals surface area (Å²) in [5.41, 5.74) is 5.73. The van der Waals surface area contributed by atoms with E-state index in [1.165, 1.54) is 11.1 Å². The van der Waals surface area contributed by atoms with Gasteiger partial charge in [0.05, 0.1) is 17.4 Å². The third kappa shape index (κ3) is 2.99. The van der Waals surface area contributed by atoms with Crippen molar-refractivity contribution in [2.45, 2.75) is 37.6 Å². The van der Waals surface area contributed by atoms with Crippen LogP contribution in [0.1, 0.15) is 57.0 Å². The van der Waals surface area contributed by atoms with Gasteiger partial charge >= 0.3 is 0 Å². The molecule has 148 valence electrons. The summed E-state index contributed by atoms with van der Waals surface area (Å²) in [5.74, 6) is 0.386. The van der Waals surface area contributed by atoms with Crippen LogP contribution in [0.4, 0.5) is 0 Å². The Kier molecular flexibility index (Phi) is 4.34. The molecule has 3 aromatic rings. The van der Waals surface area contributed by atoms with Crippen LogP contribution in [0.15, 0.2) is 42.7 Å². The average Bonchev–Trinajstić information content (AvgIpc) is 3.25. The number of amides is 2. The number of hydrogen-bond acceptors (Lipinski definition) is 3. The highest BCUT2D eigenvalue weighted by Crippen LogP contribution is 2.41. The second-order valence-corrected chi connectivity index (χ2v) is 7.98. The first kappa shape index (κ1) is 17.9. The minimum Gasteiger partial charge on any atom is -0.355 e. The van der Waals surface area contributed by atoms with E-state index >= 15 is 0 Å². The molecule has 6 nitrogen and oxygen atoms in total. The van der Waals surface area contributed by atoms with E-state index in [9.17, 15) is 9.59 Å². The molecule has 1 aliphatic carbocycles. The third-order valence-corrected chi connectivity index (χ3v) is 6.45. The van der Waals surface area contributed by atoms with Gasteiger partial charge in [-0.25, -0.2) is 4.98 Å². The van der Waals surface area contributed by atoms with E-state index in [0.29, 0.717) is 17.0 Å². The number of piperidine rings is 1. The fourth-order valence-corrected chi connectivity index (χ4v) is 5.04. The monoisotopic (exact) mass is 388 g/mol. The maximum Gasteiger partial charge on any atom is 0.254 e. The molecule has 1 fully saturated rings. The number of aromatic amines is 1. The second kappa shape index (κ2) is 7.03. The molecule has 0 spiro atoms. The molecule has 5 rings (SSSR count). The van der Waals surface area contributed by atoms with Gasteiger partial charge in [0.15, 0.2) is 0 Å². The second-order valence-electron chi connectivity index (χ2n) is 7.98. The van der Waals surface area contributed by atoms with Crippen LogP contribution < -0.4 is 5.32 Å². The van der Waals surface area contributed by atoms with Crippen molar-refractivity contribution in [1.82, 2.24) is 20.2 Å². The molecule has 0 radical (unpaired) electrons. The summed E-state index contributed by atoms with van der Waals surface area (Å²) in [6.45, 7) is 0.798. The Morgan fingerprint density at radius 2 is 2.00 bits per heavy atom. The standard InChI is InChI=1S/C23H24N4O2/c1-24-22(28)15-4-7-17-14(11-15)6-9-21-18(17)3-2-10-27(21)23(29)16-5-8-19-20(12-16)26-13-25-19/h4-5,7-8,11-13,18,21H,2-3,6,9-10H2,1H3,(H,24,28)(H,25,26)/t18-,21+/m0/s1. The van der Waals surface area contributed by atoms with Crippen molar-refractivity contribution < 1.29 is 9.59 Å². The van der Waals surface area contributed by atoms with E-state index in [-0.39, 0.29) is 17.9 Å². The lowest BCUT2D eigenvalue weighted by Gasteiger charge is -2.45. The van der Waals surface area contributed by atoms with Crippen molar-refractivity contribution in [2.75, 3.05) is 13.6 Å². The molecule has 2 N–H and O–H groups in total. The molecule has 6 heteroatoms. The number of aromatic nitrogens is 2. The van der Waals surface area contributed by atoms with E-state index in [4.69, 9.17) is 0 Å². The predicted octanol–water partition coefficient (Wildman–Crippen LogP) is 3.26. The fraction of sp³-hybridized carbons (Fsp3) is 0.348. The molecule has 2 aliphatic rings. The number of imidazole rings is 1. The molecule has 29 heavy (non-hydrogen) atoms. The fourth-order valence-electron chi connectivity index (χ4n) is 5.04. The third-order valence-electron chi connectivity index (χ3n) is 6.45. The van der Waals surface area contributed by atoms with Crippen LogP contribution in [0.5, 0.6) is 0 Å². The van der Waals surface area contributed by atoms with Gasteiger partial charge in [0.25, 0.3) is 11.8 Å². The number of nitrogens with one attached hydrogen (secondary N) is 2. The Labute approximate surface area is 169 Å². The smallest absolute Gasteiger partial charge is 0.254 e. The number of likely N-dealkylation sites (tertiary alicyclic amines) is 1. The van der Waals surface area contributed by atoms with E-state index < -0.39 is 0 Å². The van der Waals surface area contributed by atoms with Gasteiger partial charge in [0, 0.05) is 36.7 Å². The average molecular weight is 388 g/mol. The predicted molar refractivity (Wildman–Crippen MR) is 111 cm³/mol. The lowest BCUT2D eigenvalue weighted by atomic mass is 9.73. The van der Waals surface area contributed by atoms with Crippen LogP contribution >= 0.6 is 0 Å². The molecular weight excluding hydrogens is 364 g/mol. The summed E-state index contributed by atoms with van der Waals surface area (Å²) >= 11 is 0. The van der Waals surface area contributed by atoms with Gasteiger partial charge in [0.2, 0.25) is 0 Å². The number of hydrogen-bond donors (Lipinski definition) is 2. The zero-order valence-electron chi connectivity index (χ0n) is 16.4. The van der Waals surface area contributed by atoms with Crippen LogP contribution in [0, 0.1) is 0 Å². The quantitative estimate of drug-likeness (QED) is 0.707. The lowest BCUT2D eigenvalue weighted by molar-refractivity contribution is 0.0547. The van der Waals surface area contributed by atoms with Crippen LogP contribution in [0.3, 0.4) is 0 Å². The van der Waals surface area contributed by atoms with Crippen molar-refractivity contribution in [3.63, 3.8) is 0 Å². The summed E-state index contributed by atoms with van der Waals surface area (Å²) in [6, 6.07) is 11.9. The Morgan fingerprint density at radius 3 is 2.86 bits per heavy atom. The number of rotatable bonds is 2. The summed E-state index contributed by atoms with van der Waals surface area (Å²) < 4.78 is 0. The molecule has 2 atom stereocenters. The summed E-state index contributed by atoms with van der Waals surface area (Å²) in [4.78, 5) is 34.7. The largest absolute Gasteiger partial charge is 0.355 e. The number of benzene rings is 2. The van der Waals surface area contributed by atoms with Gasteiger partial charge in [-0.1, -0.05) is 6.07 Å². The Balaban J connectivity index is 1.44. The highest BCUT2D eigenvalue weighted by Gasteiger charge is 2.38. The highest BCUT2D eigenvalue weighted by molar-refractivity contribution is 5.97. The first-order valence-corrected chi connectivity index (χ1v) is 10.2. The van der Waals surface area contributed by atoms with Crippen molar-refractivity contribution in [2.24, 2.45) is 0 Å². The first-order valence-electron chi connectivity index (χ1n) is 10.2. The molecule has 2 aromatic carbocycles. The van der Waals surface area contributed by atoms with E-state index in [0.717, 1.165) is 43.3 Å². The first-order chi connectivity index (χ1) is 14.2. The number of carbonyl (C=O) groups excluding carboxylic acids is 2. The number of fused-ring (bicyclic) bond motifs is 4. The summed E-state index contributed by atoms with van der Waals surface area (Å²) in [6.07, 6.45) is 5.56. The van der Waals surface area contributed by atoms with Gasteiger partial charge in [-0.3, -0.25) is 9.59 Å². The van der Waals surface area contributed by atoms with E-state index in [1.54, 1.807) is 13.4 Å². The molecule has 0 bridgehead atoms. The van der Waals surface area contributed by atoms with Gasteiger partial charge in [-0.2, -0.15) is 0 Å². The van der Waals surface area contributed by atoms with Crippen molar-refractivity contribution in [3.8, 4) is 0 Å². The molecule has 1 saturated heterocycles. The topological polar surface area (TPSA) is 78.1 Å². The van der Waals surface area contributed by atoms with Gasteiger partial charge < -0.3 is 15.2 Å². The minimum atomic E-state index is -0.0513. The van der Waals surface area contributed by atoms with Crippen LogP contribution in [-0.2, 0) is 6.42 Å². The van der Waals surface area contributed by atoms with Gasteiger partial charge in [0.1, 0.15) is 0 Å². The van der Waals surface area contributed by atoms with Crippen LogP contribution in [0.2, 0.25) is 0 Å². The minimum absolute atomic E-state index is 0.0513. The Bertz CT molecular complexity index is 1100. The molecule has 0 saturated carbocycles. The molecule has 1 aromatic heterocycles. The molecule has 2 heterocycles. The summed E-state index contributed by atoms with van der Waals surface area (Å²) in [5, 5.41) is 2.70. The Morgan fingerprint density at radius 1 is 1.14 bits per heavy atom. The lowest BCUT2D eigenvalue weighted by Crippen LogP contribution is -2.49. The van der Waals surface area contributed by atoms with E-state index in [1.807, 2.05) is 30.3 Å². The maximum atomic E-state index is 13.4. The van der Waals surface area contributed by atoms with Crippen molar-refractivity contribution in [1.29, 1.82) is 0 Å². The molecule has 0 unspecified atom stereocenters. The van der Waals surface area contributed by atoms with E-state index in [2.05, 4.69) is 26.3 Å². The van der Waals surface area contributed by atoms with Crippen molar-refractivity contribution >= 4 is 22.8 Å². The van der Waals surface area contributed by atoms with Crippen molar-refractivity contribution in [3.05, 3.63) is 65.0 Å². The maximum absolute atomic E-state index is 13.4. The number of nitrogens with zero attached hydrogens (tertiary/aromatic N) is 2. The van der Waals surface area contributed by atoms with Crippen LogP contribution in [-0.4, -0.2) is 46.3 Å². The highest BCUT2D eigenvalue weighted by atomic mass is 16.2. The molecule has 2 amide bonds. The number of H-pyrrole nitrogens is 1. The van der Waals surface area contributed by atoms with Gasteiger partial charge in [-0.15, -0.1) is 0 Å². The normalized spacial score (nSPS) is 20.8. The summed E-state index contributed by atoms with van der Waals surface area (Å²) in [7, 11) is 1.66. The Hall–Kier alpha value is -3.15. The zero-order chi connectivity index (χ0) is 20.0. The number of aryl methyl sites for hydroxylation is 1. The number of carbonyl (C=O) groups is 2. The zero-order valence-corrected chi connectivity index (χ0v) is 16.4. The molecular formula is C23H24N4O2.